The third-order valence-electron chi connectivity index (χ3n) is 2.60. The van der Waals surface area contributed by atoms with Crippen LogP contribution in [0.5, 0.6) is 0 Å². The summed E-state index contributed by atoms with van der Waals surface area (Å²) in [4.78, 5) is 0.271. The Morgan fingerprint density at radius 1 is 1.32 bits per heavy atom. The maximum atomic E-state index is 12.3. The fourth-order valence-corrected chi connectivity index (χ4v) is 4.72. The number of thiophene rings is 1. The first-order valence-electron chi connectivity index (χ1n) is 5.77. The fraction of sp³-hybridized carbons (Fsp3) is 0.231. The van der Waals surface area contributed by atoms with Crippen LogP contribution in [0.1, 0.15) is 12.5 Å². The lowest BCUT2D eigenvalue weighted by atomic mass is 10.1. The SMILES string of the molecule is CC(Cc1ccsc1)NS(=O)(=O)c1ccccc1Br. The number of nitrogens with one attached hydrogen (secondary N) is 1. The smallest absolute Gasteiger partial charge is 0.208 e. The fourth-order valence-electron chi connectivity index (χ4n) is 1.80. The van der Waals surface area contributed by atoms with Crippen LogP contribution in [0.3, 0.4) is 0 Å². The summed E-state index contributed by atoms with van der Waals surface area (Å²) >= 11 is 4.88. The molecule has 0 fully saturated rings. The van der Waals surface area contributed by atoms with E-state index in [0.717, 1.165) is 5.56 Å². The quantitative estimate of drug-likeness (QED) is 0.888. The largest absolute Gasteiger partial charge is 0.241 e. The summed E-state index contributed by atoms with van der Waals surface area (Å²) in [5.41, 5.74) is 1.15. The summed E-state index contributed by atoms with van der Waals surface area (Å²) in [6, 6.07) is 8.67. The molecule has 2 rings (SSSR count). The van der Waals surface area contributed by atoms with Crippen molar-refractivity contribution in [3.8, 4) is 0 Å². The molecule has 0 saturated heterocycles. The van der Waals surface area contributed by atoms with E-state index in [4.69, 9.17) is 0 Å². The second-order valence-corrected chi connectivity index (χ2v) is 7.61. The van der Waals surface area contributed by atoms with Crippen LogP contribution in [0.4, 0.5) is 0 Å². The van der Waals surface area contributed by atoms with Gasteiger partial charge < -0.3 is 0 Å². The average Bonchev–Trinajstić information content (AvgIpc) is 2.81. The van der Waals surface area contributed by atoms with Crippen LogP contribution in [0.25, 0.3) is 0 Å². The number of hydrogen-bond donors (Lipinski definition) is 1. The zero-order valence-electron chi connectivity index (χ0n) is 10.3. The van der Waals surface area contributed by atoms with Gasteiger partial charge in [-0.2, -0.15) is 11.3 Å². The summed E-state index contributed by atoms with van der Waals surface area (Å²) in [5.74, 6) is 0. The van der Waals surface area contributed by atoms with E-state index in [1.165, 1.54) is 0 Å². The molecular formula is C13H14BrNO2S2. The maximum Gasteiger partial charge on any atom is 0.241 e. The van der Waals surface area contributed by atoms with Crippen molar-refractivity contribution in [1.82, 2.24) is 4.72 Å². The summed E-state index contributed by atoms with van der Waals surface area (Å²) in [6.45, 7) is 1.87. The normalized spacial score (nSPS) is 13.4. The minimum Gasteiger partial charge on any atom is -0.208 e. The lowest BCUT2D eigenvalue weighted by molar-refractivity contribution is 0.559. The van der Waals surface area contributed by atoms with E-state index in [1.54, 1.807) is 35.6 Å². The Morgan fingerprint density at radius 2 is 2.05 bits per heavy atom. The highest BCUT2D eigenvalue weighted by Gasteiger charge is 2.19. The predicted octanol–water partition coefficient (Wildman–Crippen LogP) is 3.42. The maximum absolute atomic E-state index is 12.3. The Labute approximate surface area is 125 Å². The number of rotatable bonds is 5. The Morgan fingerprint density at radius 3 is 2.68 bits per heavy atom. The van der Waals surface area contributed by atoms with E-state index < -0.39 is 10.0 Å². The van der Waals surface area contributed by atoms with Crippen LogP contribution in [0, 0.1) is 0 Å². The molecule has 0 bridgehead atoms. The zero-order chi connectivity index (χ0) is 13.9. The van der Waals surface area contributed by atoms with E-state index in [2.05, 4.69) is 20.7 Å². The minimum absolute atomic E-state index is 0.147. The first-order valence-corrected chi connectivity index (χ1v) is 8.99. The van der Waals surface area contributed by atoms with Crippen molar-refractivity contribution >= 4 is 37.3 Å². The highest BCUT2D eigenvalue weighted by Crippen LogP contribution is 2.21. The molecule has 0 aliphatic rings. The third-order valence-corrected chi connectivity index (χ3v) is 5.94. The van der Waals surface area contributed by atoms with Gasteiger partial charge in [-0.15, -0.1) is 0 Å². The molecule has 3 nitrogen and oxygen atoms in total. The molecule has 1 aromatic heterocycles. The number of halogens is 1. The standard InChI is InChI=1S/C13H14BrNO2S2/c1-10(8-11-6-7-18-9-11)15-19(16,17)13-5-3-2-4-12(13)14/h2-7,9-10,15H,8H2,1H3. The molecule has 1 N–H and O–H groups in total. The van der Waals surface area contributed by atoms with Gasteiger partial charge in [0.1, 0.15) is 0 Å². The van der Waals surface area contributed by atoms with Crippen molar-refractivity contribution in [2.75, 3.05) is 0 Å². The number of benzene rings is 1. The van der Waals surface area contributed by atoms with Crippen molar-refractivity contribution in [3.63, 3.8) is 0 Å². The van der Waals surface area contributed by atoms with Crippen molar-refractivity contribution < 1.29 is 8.42 Å². The summed E-state index contributed by atoms with van der Waals surface area (Å²) in [5, 5.41) is 4.02. The second-order valence-electron chi connectivity index (χ2n) is 4.29. The van der Waals surface area contributed by atoms with Crippen LogP contribution < -0.4 is 4.72 Å². The molecule has 1 heterocycles. The molecule has 19 heavy (non-hydrogen) atoms. The molecular weight excluding hydrogens is 346 g/mol. The van der Waals surface area contributed by atoms with Gasteiger partial charge in [-0.25, -0.2) is 13.1 Å². The Balaban J connectivity index is 2.11. The van der Waals surface area contributed by atoms with Gasteiger partial charge in [0.15, 0.2) is 0 Å². The molecule has 1 aromatic carbocycles. The summed E-state index contributed by atoms with van der Waals surface area (Å²) in [6.07, 6.45) is 0.688. The van der Waals surface area contributed by atoms with Gasteiger partial charge >= 0.3 is 0 Å². The van der Waals surface area contributed by atoms with Crippen molar-refractivity contribution in [1.29, 1.82) is 0 Å². The van der Waals surface area contributed by atoms with Crippen LogP contribution in [0.2, 0.25) is 0 Å². The van der Waals surface area contributed by atoms with E-state index in [-0.39, 0.29) is 10.9 Å². The first-order chi connectivity index (χ1) is 8.99. The number of hydrogen-bond acceptors (Lipinski definition) is 3. The molecule has 6 heteroatoms. The molecule has 0 saturated carbocycles. The van der Waals surface area contributed by atoms with Gasteiger partial charge in [0.25, 0.3) is 0 Å². The molecule has 1 atom stereocenters. The van der Waals surface area contributed by atoms with Gasteiger partial charge in [0.05, 0.1) is 4.90 Å². The van der Waals surface area contributed by atoms with E-state index >= 15 is 0 Å². The lowest BCUT2D eigenvalue weighted by Crippen LogP contribution is -2.34. The highest BCUT2D eigenvalue weighted by molar-refractivity contribution is 9.10. The highest BCUT2D eigenvalue weighted by atomic mass is 79.9. The molecule has 0 aliphatic heterocycles. The third kappa shape index (κ3) is 3.89. The van der Waals surface area contributed by atoms with E-state index in [0.29, 0.717) is 10.9 Å². The molecule has 0 aliphatic carbocycles. The molecule has 1 unspecified atom stereocenters. The monoisotopic (exact) mass is 359 g/mol. The van der Waals surface area contributed by atoms with Crippen molar-refractivity contribution in [3.05, 3.63) is 51.1 Å². The molecule has 102 valence electrons. The van der Waals surface area contributed by atoms with Gasteiger partial charge in [-0.1, -0.05) is 12.1 Å². The Kier molecular flexibility index (Phi) is 4.78. The Hall–Kier alpha value is -0.690. The van der Waals surface area contributed by atoms with Gasteiger partial charge in [-0.05, 0) is 63.8 Å². The zero-order valence-corrected chi connectivity index (χ0v) is 13.6. The van der Waals surface area contributed by atoms with Crippen molar-refractivity contribution in [2.24, 2.45) is 0 Å². The topological polar surface area (TPSA) is 46.2 Å². The van der Waals surface area contributed by atoms with Crippen LogP contribution >= 0.6 is 27.3 Å². The van der Waals surface area contributed by atoms with Crippen LogP contribution in [0.15, 0.2) is 50.5 Å². The van der Waals surface area contributed by atoms with E-state index in [1.807, 2.05) is 23.8 Å². The van der Waals surface area contributed by atoms with Gasteiger partial charge in [0, 0.05) is 10.5 Å². The summed E-state index contributed by atoms with van der Waals surface area (Å²) in [7, 11) is -3.49. The molecule has 0 spiro atoms. The van der Waals surface area contributed by atoms with Crippen molar-refractivity contribution in [2.45, 2.75) is 24.3 Å². The van der Waals surface area contributed by atoms with E-state index in [9.17, 15) is 8.42 Å². The van der Waals surface area contributed by atoms with Crippen LogP contribution in [-0.4, -0.2) is 14.5 Å². The lowest BCUT2D eigenvalue weighted by Gasteiger charge is -2.14. The van der Waals surface area contributed by atoms with Crippen LogP contribution in [-0.2, 0) is 16.4 Å². The molecule has 0 radical (unpaired) electrons. The molecule has 0 amide bonds. The van der Waals surface area contributed by atoms with Gasteiger partial charge in [-0.3, -0.25) is 0 Å². The predicted molar refractivity (Wildman–Crippen MR) is 81.9 cm³/mol. The average molecular weight is 360 g/mol. The van der Waals surface area contributed by atoms with Gasteiger partial charge in [0.2, 0.25) is 10.0 Å². The second kappa shape index (κ2) is 6.17. The Bertz CT molecular complexity index is 638. The number of sulfonamides is 1. The minimum atomic E-state index is -3.49. The molecule has 2 aromatic rings. The first kappa shape index (κ1) is 14.7. The summed E-state index contributed by atoms with van der Waals surface area (Å²) < 4.78 is 27.8.